The molecule has 1 aliphatic heterocycles. The number of ether oxygens (including phenoxy) is 1. The molecule has 8 heteroatoms. The molecule has 0 bridgehead atoms. The quantitative estimate of drug-likeness (QED) is 0.772. The third-order valence-corrected chi connectivity index (χ3v) is 4.52. The first-order valence-corrected chi connectivity index (χ1v) is 8.43. The number of carbonyl (C=O) groups is 1. The summed E-state index contributed by atoms with van der Waals surface area (Å²) in [6.07, 6.45) is 5.86. The minimum Gasteiger partial charge on any atom is -0.494 e. The van der Waals surface area contributed by atoms with Gasteiger partial charge in [-0.2, -0.15) is 10.2 Å². The Kier molecular flexibility index (Phi) is 3.87. The second-order valence-electron chi connectivity index (χ2n) is 6.12. The van der Waals surface area contributed by atoms with Gasteiger partial charge in [0.2, 0.25) is 0 Å². The van der Waals surface area contributed by atoms with Gasteiger partial charge in [0.1, 0.15) is 17.1 Å². The summed E-state index contributed by atoms with van der Waals surface area (Å²) in [7, 11) is 1.59. The van der Waals surface area contributed by atoms with Crippen LogP contribution in [0.25, 0.3) is 5.52 Å². The standard InChI is InChI=1S/C17H20N6O2/c1-3-14-20-15-7-6-11(10-23(15)21-14)19-17(24)12-9-18-22-8-4-5-13(25-2)16(12)22/h4-5,8-9,11H,3,6-7,10H2,1-2H3,(H,19,24). The number of aromatic nitrogens is 5. The molecule has 25 heavy (non-hydrogen) atoms. The van der Waals surface area contributed by atoms with Crippen molar-refractivity contribution in [2.45, 2.75) is 38.8 Å². The Hall–Kier alpha value is -2.90. The maximum Gasteiger partial charge on any atom is 0.255 e. The Balaban J connectivity index is 1.55. The van der Waals surface area contributed by atoms with Crippen LogP contribution < -0.4 is 10.1 Å². The summed E-state index contributed by atoms with van der Waals surface area (Å²) < 4.78 is 8.92. The molecule has 8 nitrogen and oxygen atoms in total. The molecule has 130 valence electrons. The molecular weight excluding hydrogens is 320 g/mol. The molecule has 0 aromatic carbocycles. The van der Waals surface area contributed by atoms with Crippen molar-refractivity contribution in [3.63, 3.8) is 0 Å². The van der Waals surface area contributed by atoms with Crippen LogP contribution in [-0.2, 0) is 19.4 Å². The Morgan fingerprint density at radius 3 is 3.16 bits per heavy atom. The predicted molar refractivity (Wildman–Crippen MR) is 90.7 cm³/mol. The fourth-order valence-electron chi connectivity index (χ4n) is 3.23. The first kappa shape index (κ1) is 15.6. The van der Waals surface area contributed by atoms with Crippen molar-refractivity contribution in [2.24, 2.45) is 0 Å². The number of hydrogen-bond donors (Lipinski definition) is 1. The SMILES string of the molecule is CCc1nc2n(n1)CC(NC(=O)c1cnn3cccc(OC)c13)CC2. The Bertz CT molecular complexity index is 929. The number of methoxy groups -OCH3 is 1. The van der Waals surface area contributed by atoms with E-state index in [9.17, 15) is 4.79 Å². The van der Waals surface area contributed by atoms with Crippen LogP contribution in [0.1, 0.15) is 35.4 Å². The molecule has 3 aromatic heterocycles. The number of pyridine rings is 1. The lowest BCUT2D eigenvalue weighted by atomic mass is 10.1. The van der Waals surface area contributed by atoms with E-state index in [-0.39, 0.29) is 11.9 Å². The fraction of sp³-hybridized carbons (Fsp3) is 0.412. The number of aryl methyl sites for hydroxylation is 2. The fourth-order valence-corrected chi connectivity index (χ4v) is 3.23. The molecule has 4 rings (SSSR count). The molecule has 4 heterocycles. The molecule has 1 amide bonds. The molecule has 0 saturated carbocycles. The number of fused-ring (bicyclic) bond motifs is 2. The summed E-state index contributed by atoms with van der Waals surface area (Å²) in [6, 6.07) is 3.68. The van der Waals surface area contributed by atoms with Gasteiger partial charge in [0.15, 0.2) is 5.82 Å². The van der Waals surface area contributed by atoms with Gasteiger partial charge in [-0.05, 0) is 18.6 Å². The van der Waals surface area contributed by atoms with Crippen molar-refractivity contribution in [1.29, 1.82) is 0 Å². The molecule has 0 saturated heterocycles. The summed E-state index contributed by atoms with van der Waals surface area (Å²) in [5.74, 6) is 2.33. The van der Waals surface area contributed by atoms with Crippen LogP contribution in [-0.4, -0.2) is 43.4 Å². The van der Waals surface area contributed by atoms with E-state index >= 15 is 0 Å². The zero-order valence-electron chi connectivity index (χ0n) is 14.3. The molecule has 0 spiro atoms. The van der Waals surface area contributed by atoms with Gasteiger partial charge < -0.3 is 10.1 Å². The Morgan fingerprint density at radius 2 is 2.36 bits per heavy atom. The summed E-state index contributed by atoms with van der Waals surface area (Å²) >= 11 is 0. The summed E-state index contributed by atoms with van der Waals surface area (Å²) in [6.45, 7) is 2.68. The molecule has 1 atom stereocenters. The van der Waals surface area contributed by atoms with Crippen LogP contribution in [0.2, 0.25) is 0 Å². The molecule has 1 N–H and O–H groups in total. The van der Waals surface area contributed by atoms with Crippen LogP contribution in [0.5, 0.6) is 5.75 Å². The van der Waals surface area contributed by atoms with E-state index < -0.39 is 0 Å². The number of rotatable bonds is 4. The van der Waals surface area contributed by atoms with E-state index in [2.05, 4.69) is 20.5 Å². The van der Waals surface area contributed by atoms with E-state index in [1.165, 1.54) is 0 Å². The van der Waals surface area contributed by atoms with Crippen LogP contribution in [0.4, 0.5) is 0 Å². The van der Waals surface area contributed by atoms with Gasteiger partial charge in [0, 0.05) is 25.1 Å². The van der Waals surface area contributed by atoms with Gasteiger partial charge in [-0.1, -0.05) is 6.92 Å². The molecule has 0 radical (unpaired) electrons. The van der Waals surface area contributed by atoms with Crippen LogP contribution in [0.15, 0.2) is 24.5 Å². The van der Waals surface area contributed by atoms with E-state index in [0.29, 0.717) is 23.4 Å². The maximum absolute atomic E-state index is 12.8. The van der Waals surface area contributed by atoms with Crippen molar-refractivity contribution in [3.05, 3.63) is 41.7 Å². The normalized spacial score (nSPS) is 16.6. The van der Waals surface area contributed by atoms with Crippen LogP contribution in [0, 0.1) is 0 Å². The topological polar surface area (TPSA) is 86.3 Å². The van der Waals surface area contributed by atoms with Crippen LogP contribution >= 0.6 is 0 Å². The van der Waals surface area contributed by atoms with Crippen molar-refractivity contribution in [1.82, 2.24) is 29.7 Å². The van der Waals surface area contributed by atoms with E-state index in [4.69, 9.17) is 4.74 Å². The van der Waals surface area contributed by atoms with E-state index in [1.54, 1.807) is 24.0 Å². The Morgan fingerprint density at radius 1 is 1.48 bits per heavy atom. The molecule has 1 aliphatic rings. The minimum absolute atomic E-state index is 0.0241. The van der Waals surface area contributed by atoms with E-state index in [1.807, 2.05) is 23.7 Å². The highest BCUT2D eigenvalue weighted by Crippen LogP contribution is 2.23. The number of carbonyl (C=O) groups excluding carboxylic acids is 1. The number of nitrogens with one attached hydrogen (secondary N) is 1. The first-order valence-electron chi connectivity index (χ1n) is 8.43. The zero-order chi connectivity index (χ0) is 17.4. The number of hydrogen-bond acceptors (Lipinski definition) is 5. The second kappa shape index (κ2) is 6.19. The molecule has 1 unspecified atom stereocenters. The van der Waals surface area contributed by atoms with Gasteiger partial charge in [0.05, 0.1) is 25.4 Å². The van der Waals surface area contributed by atoms with Crippen molar-refractivity contribution < 1.29 is 9.53 Å². The average molecular weight is 340 g/mol. The van der Waals surface area contributed by atoms with Gasteiger partial charge in [0.25, 0.3) is 5.91 Å². The summed E-state index contributed by atoms with van der Waals surface area (Å²) in [5.41, 5.74) is 1.18. The molecule has 3 aromatic rings. The summed E-state index contributed by atoms with van der Waals surface area (Å²) in [5, 5.41) is 11.8. The zero-order valence-corrected chi connectivity index (χ0v) is 14.3. The number of nitrogens with zero attached hydrogens (tertiary/aromatic N) is 5. The lowest BCUT2D eigenvalue weighted by molar-refractivity contribution is 0.0927. The summed E-state index contributed by atoms with van der Waals surface area (Å²) in [4.78, 5) is 17.3. The highest BCUT2D eigenvalue weighted by Gasteiger charge is 2.24. The second-order valence-corrected chi connectivity index (χ2v) is 6.12. The first-order chi connectivity index (χ1) is 12.2. The smallest absolute Gasteiger partial charge is 0.255 e. The van der Waals surface area contributed by atoms with Gasteiger partial charge in [-0.3, -0.25) is 4.79 Å². The molecular formula is C17H20N6O2. The monoisotopic (exact) mass is 340 g/mol. The van der Waals surface area contributed by atoms with Crippen molar-refractivity contribution in [3.8, 4) is 5.75 Å². The number of amides is 1. The van der Waals surface area contributed by atoms with Gasteiger partial charge in [-0.15, -0.1) is 0 Å². The molecule has 0 fully saturated rings. The largest absolute Gasteiger partial charge is 0.494 e. The lowest BCUT2D eigenvalue weighted by Crippen LogP contribution is -2.41. The third-order valence-electron chi connectivity index (χ3n) is 4.52. The van der Waals surface area contributed by atoms with Crippen LogP contribution in [0.3, 0.4) is 0 Å². The third kappa shape index (κ3) is 2.73. The lowest BCUT2D eigenvalue weighted by Gasteiger charge is -2.23. The highest BCUT2D eigenvalue weighted by molar-refractivity contribution is 6.02. The minimum atomic E-state index is -0.149. The Labute approximate surface area is 144 Å². The average Bonchev–Trinajstić information content (AvgIpc) is 3.24. The highest BCUT2D eigenvalue weighted by atomic mass is 16.5. The van der Waals surface area contributed by atoms with Gasteiger partial charge >= 0.3 is 0 Å². The maximum atomic E-state index is 12.8. The van der Waals surface area contributed by atoms with Crippen molar-refractivity contribution in [2.75, 3.05) is 7.11 Å². The van der Waals surface area contributed by atoms with Crippen molar-refractivity contribution >= 4 is 11.4 Å². The van der Waals surface area contributed by atoms with E-state index in [0.717, 1.165) is 30.9 Å². The molecule has 0 aliphatic carbocycles. The predicted octanol–water partition coefficient (Wildman–Crippen LogP) is 1.24. The van der Waals surface area contributed by atoms with Gasteiger partial charge in [-0.25, -0.2) is 14.2 Å².